The van der Waals surface area contributed by atoms with Crippen molar-refractivity contribution in [2.75, 3.05) is 13.1 Å². The Bertz CT molecular complexity index is 804. The summed E-state index contributed by atoms with van der Waals surface area (Å²) in [6.07, 6.45) is 1.79. The fourth-order valence-corrected chi connectivity index (χ4v) is 4.79. The molecule has 0 atom stereocenters. The van der Waals surface area contributed by atoms with Crippen LogP contribution in [0, 0.1) is 13.8 Å². The van der Waals surface area contributed by atoms with Gasteiger partial charge >= 0.3 is 0 Å². The van der Waals surface area contributed by atoms with E-state index in [2.05, 4.69) is 4.99 Å². The van der Waals surface area contributed by atoms with Crippen LogP contribution in [0.4, 0.5) is 5.69 Å². The first-order valence-electron chi connectivity index (χ1n) is 7.59. The van der Waals surface area contributed by atoms with Crippen molar-refractivity contribution in [3.8, 4) is 0 Å². The molecular formula is C17H22N2O2S2. The minimum Gasteiger partial charge on any atom is -0.255 e. The van der Waals surface area contributed by atoms with Gasteiger partial charge in [0.1, 0.15) is 0 Å². The molecule has 2 aromatic rings. The first-order chi connectivity index (χ1) is 10.9. The summed E-state index contributed by atoms with van der Waals surface area (Å²) in [7, 11) is -3.47. The number of aliphatic imine (C=N–C) groups is 1. The SMILES string of the molecule is CCN(CC)S(=O)(=O)c1cc(N=Cc2sccc2C)ccc1C. The van der Waals surface area contributed by atoms with Gasteiger partial charge in [0.05, 0.1) is 10.6 Å². The maximum absolute atomic E-state index is 12.7. The molecule has 4 nitrogen and oxygen atoms in total. The molecular weight excluding hydrogens is 328 g/mol. The van der Waals surface area contributed by atoms with Gasteiger partial charge in [-0.1, -0.05) is 19.9 Å². The number of sulfonamides is 1. The highest BCUT2D eigenvalue weighted by Crippen LogP contribution is 2.25. The van der Waals surface area contributed by atoms with Crippen LogP contribution in [0.25, 0.3) is 0 Å². The Kier molecular flexibility index (Phi) is 5.73. The second-order valence-electron chi connectivity index (χ2n) is 5.27. The van der Waals surface area contributed by atoms with E-state index < -0.39 is 10.0 Å². The van der Waals surface area contributed by atoms with Crippen LogP contribution in [0.2, 0.25) is 0 Å². The smallest absolute Gasteiger partial charge is 0.243 e. The molecule has 1 heterocycles. The minimum atomic E-state index is -3.47. The predicted molar refractivity (Wildman–Crippen MR) is 97.6 cm³/mol. The van der Waals surface area contributed by atoms with Crippen molar-refractivity contribution < 1.29 is 8.42 Å². The van der Waals surface area contributed by atoms with Crippen LogP contribution < -0.4 is 0 Å². The second-order valence-corrected chi connectivity index (χ2v) is 8.12. The van der Waals surface area contributed by atoms with Gasteiger partial charge in [0.25, 0.3) is 0 Å². The molecule has 0 unspecified atom stereocenters. The quantitative estimate of drug-likeness (QED) is 0.735. The van der Waals surface area contributed by atoms with E-state index in [0.717, 1.165) is 10.4 Å². The van der Waals surface area contributed by atoms with Gasteiger partial charge in [0.2, 0.25) is 10.0 Å². The molecule has 0 N–H and O–H groups in total. The third kappa shape index (κ3) is 3.88. The first kappa shape index (κ1) is 17.8. The van der Waals surface area contributed by atoms with Crippen LogP contribution in [-0.4, -0.2) is 32.0 Å². The molecule has 0 aliphatic heterocycles. The summed E-state index contributed by atoms with van der Waals surface area (Å²) in [5.41, 5.74) is 2.55. The van der Waals surface area contributed by atoms with Crippen molar-refractivity contribution in [1.82, 2.24) is 4.31 Å². The van der Waals surface area contributed by atoms with Gasteiger partial charge in [0.15, 0.2) is 0 Å². The lowest BCUT2D eigenvalue weighted by Gasteiger charge is -2.19. The Morgan fingerprint density at radius 2 is 1.83 bits per heavy atom. The van der Waals surface area contributed by atoms with Crippen molar-refractivity contribution in [2.45, 2.75) is 32.6 Å². The summed E-state index contributed by atoms with van der Waals surface area (Å²) >= 11 is 1.62. The normalized spacial score (nSPS) is 12.4. The Labute approximate surface area is 142 Å². The van der Waals surface area contributed by atoms with E-state index in [1.54, 1.807) is 23.6 Å². The van der Waals surface area contributed by atoms with Gasteiger partial charge in [-0.15, -0.1) is 11.3 Å². The Morgan fingerprint density at radius 3 is 2.39 bits per heavy atom. The Morgan fingerprint density at radius 1 is 1.13 bits per heavy atom. The van der Waals surface area contributed by atoms with E-state index in [9.17, 15) is 8.42 Å². The molecule has 2 rings (SSSR count). The summed E-state index contributed by atoms with van der Waals surface area (Å²) in [5, 5.41) is 2.02. The Balaban J connectivity index is 2.40. The second kappa shape index (κ2) is 7.38. The number of aryl methyl sites for hydroxylation is 2. The summed E-state index contributed by atoms with van der Waals surface area (Å²) in [4.78, 5) is 5.85. The van der Waals surface area contributed by atoms with Crippen LogP contribution in [0.15, 0.2) is 39.5 Å². The number of nitrogens with zero attached hydrogens (tertiary/aromatic N) is 2. The molecule has 0 aliphatic rings. The average molecular weight is 351 g/mol. The highest BCUT2D eigenvalue weighted by Gasteiger charge is 2.23. The molecule has 0 saturated heterocycles. The standard InChI is InChI=1S/C17H22N2O2S2/c1-5-19(6-2)23(20,21)17-11-15(8-7-14(17)4)18-12-16-13(3)9-10-22-16/h7-12H,5-6H2,1-4H3. The fourth-order valence-electron chi connectivity index (χ4n) is 2.30. The summed E-state index contributed by atoms with van der Waals surface area (Å²) in [6.45, 7) is 8.45. The van der Waals surface area contributed by atoms with Crippen LogP contribution in [0.1, 0.15) is 29.9 Å². The van der Waals surface area contributed by atoms with Crippen molar-refractivity contribution in [2.24, 2.45) is 4.99 Å². The molecule has 23 heavy (non-hydrogen) atoms. The number of benzene rings is 1. The lowest BCUT2D eigenvalue weighted by molar-refractivity contribution is 0.445. The molecule has 0 radical (unpaired) electrons. The van der Waals surface area contributed by atoms with Gasteiger partial charge in [-0.25, -0.2) is 8.42 Å². The zero-order valence-electron chi connectivity index (χ0n) is 13.9. The minimum absolute atomic E-state index is 0.332. The highest BCUT2D eigenvalue weighted by atomic mass is 32.2. The molecule has 6 heteroatoms. The third-order valence-electron chi connectivity index (χ3n) is 3.73. The summed E-state index contributed by atoms with van der Waals surface area (Å²) in [5.74, 6) is 0. The molecule has 0 saturated carbocycles. The van der Waals surface area contributed by atoms with Gasteiger partial charge in [-0.3, -0.25) is 4.99 Å². The van der Waals surface area contributed by atoms with E-state index in [1.807, 2.05) is 51.3 Å². The number of rotatable bonds is 6. The molecule has 0 bridgehead atoms. The van der Waals surface area contributed by atoms with E-state index in [0.29, 0.717) is 23.7 Å². The van der Waals surface area contributed by atoms with E-state index >= 15 is 0 Å². The lowest BCUT2D eigenvalue weighted by Crippen LogP contribution is -2.31. The predicted octanol–water partition coefficient (Wildman–Crippen LogP) is 4.15. The van der Waals surface area contributed by atoms with Crippen LogP contribution in [0.3, 0.4) is 0 Å². The lowest BCUT2D eigenvalue weighted by atomic mass is 10.2. The highest BCUT2D eigenvalue weighted by molar-refractivity contribution is 7.89. The van der Waals surface area contributed by atoms with Crippen LogP contribution >= 0.6 is 11.3 Å². The molecule has 0 aliphatic carbocycles. The summed E-state index contributed by atoms with van der Waals surface area (Å²) in [6, 6.07) is 7.35. The van der Waals surface area contributed by atoms with E-state index in [4.69, 9.17) is 0 Å². The van der Waals surface area contributed by atoms with Crippen molar-refractivity contribution >= 4 is 33.3 Å². The number of hydrogen-bond donors (Lipinski definition) is 0. The molecule has 0 amide bonds. The third-order valence-corrected chi connectivity index (χ3v) is 6.87. The first-order valence-corrected chi connectivity index (χ1v) is 9.91. The van der Waals surface area contributed by atoms with Gasteiger partial charge in [-0.05, 0) is 48.6 Å². The average Bonchev–Trinajstić information content (AvgIpc) is 2.92. The zero-order chi connectivity index (χ0) is 17.0. The van der Waals surface area contributed by atoms with Crippen molar-refractivity contribution in [1.29, 1.82) is 0 Å². The van der Waals surface area contributed by atoms with Crippen molar-refractivity contribution in [3.05, 3.63) is 45.6 Å². The largest absolute Gasteiger partial charge is 0.255 e. The van der Waals surface area contributed by atoms with Crippen molar-refractivity contribution in [3.63, 3.8) is 0 Å². The van der Waals surface area contributed by atoms with Crippen LogP contribution in [-0.2, 0) is 10.0 Å². The molecule has 1 aromatic heterocycles. The number of hydrogen-bond acceptors (Lipinski definition) is 4. The van der Waals surface area contributed by atoms with Crippen LogP contribution in [0.5, 0.6) is 0 Å². The fraction of sp³-hybridized carbons (Fsp3) is 0.353. The maximum Gasteiger partial charge on any atom is 0.243 e. The van der Waals surface area contributed by atoms with Gasteiger partial charge in [0, 0.05) is 24.2 Å². The zero-order valence-corrected chi connectivity index (χ0v) is 15.5. The summed E-state index contributed by atoms with van der Waals surface area (Å²) < 4.78 is 26.9. The Hall–Kier alpha value is -1.50. The van der Waals surface area contributed by atoms with E-state index in [-0.39, 0.29) is 0 Å². The van der Waals surface area contributed by atoms with Gasteiger partial charge in [-0.2, -0.15) is 4.31 Å². The van der Waals surface area contributed by atoms with Gasteiger partial charge < -0.3 is 0 Å². The topological polar surface area (TPSA) is 49.7 Å². The monoisotopic (exact) mass is 350 g/mol. The molecule has 0 fully saturated rings. The molecule has 124 valence electrons. The molecule has 1 aromatic carbocycles. The maximum atomic E-state index is 12.7. The number of thiophene rings is 1. The molecule has 0 spiro atoms. The van der Waals surface area contributed by atoms with E-state index in [1.165, 1.54) is 9.87 Å².